The number of amides is 2. The topological polar surface area (TPSA) is 58.6 Å². The van der Waals surface area contributed by atoms with E-state index in [1.54, 1.807) is 0 Å². The van der Waals surface area contributed by atoms with Gasteiger partial charge in [-0.1, -0.05) is 48.5 Å². The van der Waals surface area contributed by atoms with Crippen LogP contribution in [0, 0.1) is 0 Å². The van der Waals surface area contributed by atoms with Gasteiger partial charge in [-0.15, -0.1) is 0 Å². The molecule has 2 heterocycles. The van der Waals surface area contributed by atoms with E-state index < -0.39 is 5.41 Å². The van der Waals surface area contributed by atoms with E-state index in [4.69, 9.17) is 4.74 Å². The minimum Gasteiger partial charge on any atom is -0.381 e. The number of ether oxygens (including phenoxy) is 1. The summed E-state index contributed by atoms with van der Waals surface area (Å²) in [5, 5.41) is 3.18. The van der Waals surface area contributed by atoms with Crippen molar-refractivity contribution >= 4 is 23.2 Å². The first-order valence-corrected chi connectivity index (χ1v) is 11.6. The molecule has 0 atom stereocenters. The van der Waals surface area contributed by atoms with Crippen LogP contribution in [0.3, 0.4) is 0 Å². The number of nitrogens with one attached hydrogen (secondary N) is 1. The number of aryl methyl sites for hydroxylation is 1. The smallest absolute Gasteiger partial charge is 0.258 e. The summed E-state index contributed by atoms with van der Waals surface area (Å²) in [5.41, 5.74) is 3.91. The normalized spacial score (nSPS) is 17.2. The summed E-state index contributed by atoms with van der Waals surface area (Å²) < 4.78 is 5.57. The Morgan fingerprint density at radius 1 is 0.879 bits per heavy atom. The van der Waals surface area contributed by atoms with Crippen LogP contribution in [-0.4, -0.2) is 31.6 Å². The molecule has 0 radical (unpaired) electrons. The van der Waals surface area contributed by atoms with Crippen molar-refractivity contribution in [1.29, 1.82) is 0 Å². The van der Waals surface area contributed by atoms with Crippen molar-refractivity contribution in [2.24, 2.45) is 0 Å². The number of anilines is 2. The molecule has 2 aliphatic heterocycles. The molecule has 0 saturated carbocycles. The maximum atomic E-state index is 13.6. The number of rotatable bonds is 4. The second kappa shape index (κ2) is 9.20. The molecule has 0 unspecified atom stereocenters. The van der Waals surface area contributed by atoms with Gasteiger partial charge in [0.2, 0.25) is 5.91 Å². The number of fused-ring (bicyclic) bond motifs is 1. The molecule has 2 aliphatic rings. The highest BCUT2D eigenvalue weighted by molar-refractivity contribution is 6.07. The molecular formula is C28H28N2O3. The third kappa shape index (κ3) is 4.16. The summed E-state index contributed by atoms with van der Waals surface area (Å²) in [4.78, 5) is 28.5. The quantitative estimate of drug-likeness (QED) is 0.623. The predicted octanol–water partition coefficient (Wildman–Crippen LogP) is 4.97. The molecule has 0 bridgehead atoms. The van der Waals surface area contributed by atoms with Crippen LogP contribution in [0.4, 0.5) is 11.4 Å². The van der Waals surface area contributed by atoms with Gasteiger partial charge in [-0.2, -0.15) is 0 Å². The van der Waals surface area contributed by atoms with Crippen LogP contribution in [0.5, 0.6) is 0 Å². The van der Waals surface area contributed by atoms with Crippen LogP contribution in [-0.2, 0) is 21.4 Å². The Morgan fingerprint density at radius 3 is 2.30 bits per heavy atom. The summed E-state index contributed by atoms with van der Waals surface area (Å²) in [6, 6.07) is 25.3. The standard InChI is InChI=1S/C28H28N2O3/c31-26(21-8-3-1-4-9-21)30-17-7-10-22-20-24(13-14-25(22)30)29-27(32)28(15-18-33-19-16-28)23-11-5-2-6-12-23/h1-6,8-9,11-14,20H,7,10,15-19H2,(H,29,32). The molecule has 1 saturated heterocycles. The first-order valence-electron chi connectivity index (χ1n) is 11.6. The molecule has 0 spiro atoms. The summed E-state index contributed by atoms with van der Waals surface area (Å²) >= 11 is 0. The number of benzene rings is 3. The fourth-order valence-electron chi connectivity index (χ4n) is 5.00. The largest absolute Gasteiger partial charge is 0.381 e. The highest BCUT2D eigenvalue weighted by Gasteiger charge is 2.41. The first kappa shape index (κ1) is 21.4. The summed E-state index contributed by atoms with van der Waals surface area (Å²) in [6.45, 7) is 1.84. The van der Waals surface area contributed by atoms with Gasteiger partial charge in [0, 0.05) is 36.7 Å². The van der Waals surface area contributed by atoms with Gasteiger partial charge in [0.15, 0.2) is 0 Å². The number of carbonyl (C=O) groups is 2. The Kier molecular flexibility index (Phi) is 5.97. The van der Waals surface area contributed by atoms with Crippen molar-refractivity contribution in [3.63, 3.8) is 0 Å². The number of carbonyl (C=O) groups excluding carboxylic acids is 2. The number of hydrogen-bond acceptors (Lipinski definition) is 3. The fourth-order valence-corrected chi connectivity index (χ4v) is 5.00. The Morgan fingerprint density at radius 2 is 1.58 bits per heavy atom. The third-order valence-electron chi connectivity index (χ3n) is 6.83. The SMILES string of the molecule is O=C(c1ccccc1)N1CCCc2cc(NC(=O)C3(c4ccccc4)CCOCC3)ccc21. The van der Waals surface area contributed by atoms with Crippen LogP contribution >= 0.6 is 0 Å². The molecule has 5 nitrogen and oxygen atoms in total. The lowest BCUT2D eigenvalue weighted by Gasteiger charge is -2.36. The van der Waals surface area contributed by atoms with E-state index in [9.17, 15) is 9.59 Å². The zero-order valence-corrected chi connectivity index (χ0v) is 18.6. The van der Waals surface area contributed by atoms with Crippen molar-refractivity contribution < 1.29 is 14.3 Å². The molecule has 1 fully saturated rings. The minimum atomic E-state index is -0.593. The van der Waals surface area contributed by atoms with Crippen LogP contribution in [0.2, 0.25) is 0 Å². The van der Waals surface area contributed by atoms with Gasteiger partial charge >= 0.3 is 0 Å². The van der Waals surface area contributed by atoms with Gasteiger partial charge in [0.05, 0.1) is 5.41 Å². The van der Waals surface area contributed by atoms with E-state index in [1.807, 2.05) is 83.8 Å². The highest BCUT2D eigenvalue weighted by Crippen LogP contribution is 2.37. The molecule has 3 aromatic carbocycles. The Balaban J connectivity index is 1.40. The molecule has 5 rings (SSSR count). The zero-order valence-electron chi connectivity index (χ0n) is 18.6. The van der Waals surface area contributed by atoms with Crippen LogP contribution in [0.1, 0.15) is 40.7 Å². The second-order valence-electron chi connectivity index (χ2n) is 8.78. The Labute approximate surface area is 194 Å². The molecule has 5 heteroatoms. The van der Waals surface area contributed by atoms with Crippen LogP contribution < -0.4 is 10.2 Å². The maximum absolute atomic E-state index is 13.6. The predicted molar refractivity (Wildman–Crippen MR) is 130 cm³/mol. The van der Waals surface area contributed by atoms with E-state index in [0.717, 1.165) is 35.3 Å². The number of hydrogen-bond donors (Lipinski definition) is 1. The zero-order chi connectivity index (χ0) is 22.7. The monoisotopic (exact) mass is 440 g/mol. The first-order chi connectivity index (χ1) is 16.2. The van der Waals surface area contributed by atoms with Gasteiger partial charge in [-0.25, -0.2) is 0 Å². The lowest BCUT2D eigenvalue weighted by atomic mass is 9.73. The van der Waals surface area contributed by atoms with Gasteiger partial charge in [-0.05, 0) is 67.1 Å². The average Bonchev–Trinajstić information content (AvgIpc) is 2.89. The van der Waals surface area contributed by atoms with Crippen molar-refractivity contribution in [1.82, 2.24) is 0 Å². The number of nitrogens with zero attached hydrogens (tertiary/aromatic N) is 1. The Hall–Kier alpha value is -3.44. The van der Waals surface area contributed by atoms with E-state index in [2.05, 4.69) is 5.32 Å². The van der Waals surface area contributed by atoms with Crippen LogP contribution in [0.25, 0.3) is 0 Å². The lowest BCUT2D eigenvalue weighted by molar-refractivity contribution is -0.125. The Bertz CT molecular complexity index is 1140. The van der Waals surface area contributed by atoms with Crippen molar-refractivity contribution in [2.75, 3.05) is 30.0 Å². The van der Waals surface area contributed by atoms with Crippen LogP contribution in [0.15, 0.2) is 78.9 Å². The van der Waals surface area contributed by atoms with Gasteiger partial charge in [0.25, 0.3) is 5.91 Å². The second-order valence-corrected chi connectivity index (χ2v) is 8.78. The molecule has 0 aromatic heterocycles. The fraction of sp³-hybridized carbons (Fsp3) is 0.286. The summed E-state index contributed by atoms with van der Waals surface area (Å²) in [6.07, 6.45) is 3.10. The van der Waals surface area contributed by atoms with E-state index in [-0.39, 0.29) is 11.8 Å². The minimum absolute atomic E-state index is 0.00461. The molecule has 3 aromatic rings. The molecule has 1 N–H and O–H groups in total. The highest BCUT2D eigenvalue weighted by atomic mass is 16.5. The van der Waals surface area contributed by atoms with Crippen molar-refractivity contribution in [3.8, 4) is 0 Å². The molecule has 33 heavy (non-hydrogen) atoms. The maximum Gasteiger partial charge on any atom is 0.258 e. The molecular weight excluding hydrogens is 412 g/mol. The average molecular weight is 441 g/mol. The molecule has 0 aliphatic carbocycles. The molecule has 168 valence electrons. The van der Waals surface area contributed by atoms with Crippen molar-refractivity contribution in [2.45, 2.75) is 31.1 Å². The van der Waals surface area contributed by atoms with E-state index >= 15 is 0 Å². The van der Waals surface area contributed by atoms with Gasteiger partial charge in [0.1, 0.15) is 0 Å². The van der Waals surface area contributed by atoms with E-state index in [1.165, 1.54) is 0 Å². The molecule has 2 amide bonds. The summed E-state index contributed by atoms with van der Waals surface area (Å²) in [5.74, 6) is 0.0172. The van der Waals surface area contributed by atoms with Crippen molar-refractivity contribution in [3.05, 3.63) is 95.6 Å². The third-order valence-corrected chi connectivity index (χ3v) is 6.83. The lowest BCUT2D eigenvalue weighted by Crippen LogP contribution is -2.44. The van der Waals surface area contributed by atoms with Gasteiger partial charge < -0.3 is 15.0 Å². The van der Waals surface area contributed by atoms with Gasteiger partial charge in [-0.3, -0.25) is 9.59 Å². The van der Waals surface area contributed by atoms with E-state index in [0.29, 0.717) is 38.2 Å². The summed E-state index contributed by atoms with van der Waals surface area (Å²) in [7, 11) is 0.